The van der Waals surface area contributed by atoms with Crippen LogP contribution >= 0.6 is 34.3 Å². The molecule has 1 N–H and O–H groups in total. The summed E-state index contributed by atoms with van der Waals surface area (Å²) in [4.78, 5) is 53.7. The monoisotopic (exact) mass is 564 g/mol. The minimum atomic E-state index is -0.484. The van der Waals surface area contributed by atoms with Gasteiger partial charge in [0.25, 0.3) is 11.6 Å². The second kappa shape index (κ2) is 11.1. The van der Waals surface area contributed by atoms with Gasteiger partial charge in [0.15, 0.2) is 0 Å². The first-order chi connectivity index (χ1) is 17.6. The molecule has 1 aliphatic heterocycles. The topological polar surface area (TPSA) is 122 Å². The van der Waals surface area contributed by atoms with Crippen molar-refractivity contribution in [2.24, 2.45) is 0 Å². The zero-order valence-electron chi connectivity index (χ0n) is 20.5. The fourth-order valence-corrected chi connectivity index (χ4v) is 6.67. The third-order valence-corrected chi connectivity index (χ3v) is 8.93. The van der Waals surface area contributed by atoms with E-state index in [-0.39, 0.29) is 30.7 Å². The number of amides is 2. The highest BCUT2D eigenvalue weighted by Crippen LogP contribution is 2.38. The minimum Gasteiger partial charge on any atom is -0.462 e. The molecule has 196 valence electrons. The Labute approximate surface area is 225 Å². The number of aryl methyl sites for hydroxylation is 1. The van der Waals surface area contributed by atoms with Crippen molar-refractivity contribution in [3.63, 3.8) is 0 Å². The van der Waals surface area contributed by atoms with Gasteiger partial charge in [-0.05, 0) is 32.4 Å². The van der Waals surface area contributed by atoms with Gasteiger partial charge >= 0.3 is 5.97 Å². The van der Waals surface area contributed by atoms with Crippen molar-refractivity contribution in [3.8, 4) is 0 Å². The Bertz CT molecular complexity index is 1390. The van der Waals surface area contributed by atoms with Gasteiger partial charge in [-0.15, -0.1) is 22.7 Å². The van der Waals surface area contributed by atoms with E-state index in [4.69, 9.17) is 16.3 Å². The molecule has 1 fully saturated rings. The van der Waals surface area contributed by atoms with E-state index in [1.165, 1.54) is 23.5 Å². The average molecular weight is 565 g/mol. The van der Waals surface area contributed by atoms with E-state index in [1.54, 1.807) is 17.9 Å². The van der Waals surface area contributed by atoms with Crippen LogP contribution in [0.1, 0.15) is 37.4 Å². The highest BCUT2D eigenvalue weighted by molar-refractivity contribution is 7.21. The van der Waals surface area contributed by atoms with E-state index in [9.17, 15) is 24.5 Å². The Morgan fingerprint density at radius 1 is 1.16 bits per heavy atom. The number of nitro benzene ring substituents is 1. The summed E-state index contributed by atoms with van der Waals surface area (Å²) in [5, 5.41) is 15.3. The molecule has 0 bridgehead atoms. The number of anilines is 1. The van der Waals surface area contributed by atoms with Crippen LogP contribution in [0.4, 0.5) is 10.7 Å². The summed E-state index contributed by atoms with van der Waals surface area (Å²) in [6, 6.07) is 4.35. The number of thiophene rings is 2. The highest BCUT2D eigenvalue weighted by atomic mass is 35.5. The van der Waals surface area contributed by atoms with Gasteiger partial charge in [-0.25, -0.2) is 4.79 Å². The molecule has 1 saturated heterocycles. The first-order valence-corrected chi connectivity index (χ1v) is 13.6. The quantitative estimate of drug-likeness (QED) is 0.250. The summed E-state index contributed by atoms with van der Waals surface area (Å²) in [7, 11) is 0. The molecule has 2 amide bonds. The zero-order chi connectivity index (χ0) is 26.9. The van der Waals surface area contributed by atoms with Gasteiger partial charge in [0.05, 0.1) is 28.7 Å². The molecule has 0 aliphatic carbocycles. The van der Waals surface area contributed by atoms with Crippen LogP contribution in [-0.4, -0.2) is 71.8 Å². The maximum absolute atomic E-state index is 13.1. The van der Waals surface area contributed by atoms with Gasteiger partial charge in [0, 0.05) is 53.3 Å². The first-order valence-electron chi connectivity index (χ1n) is 11.6. The average Bonchev–Trinajstić information content (AvgIpc) is 3.33. The van der Waals surface area contributed by atoms with Crippen molar-refractivity contribution in [2.45, 2.75) is 20.8 Å². The van der Waals surface area contributed by atoms with Gasteiger partial charge in [-0.3, -0.25) is 24.6 Å². The van der Waals surface area contributed by atoms with Crippen LogP contribution in [0.3, 0.4) is 0 Å². The van der Waals surface area contributed by atoms with Crippen LogP contribution in [0.15, 0.2) is 18.2 Å². The van der Waals surface area contributed by atoms with Crippen molar-refractivity contribution in [2.75, 3.05) is 44.6 Å². The molecule has 0 spiro atoms. The Balaban J connectivity index is 1.37. The molecule has 0 saturated carbocycles. The first kappa shape index (κ1) is 27.0. The number of piperazine rings is 1. The molecular formula is C24H25ClN4O6S2. The summed E-state index contributed by atoms with van der Waals surface area (Å²) >= 11 is 8.92. The predicted molar refractivity (Wildman–Crippen MR) is 144 cm³/mol. The zero-order valence-corrected chi connectivity index (χ0v) is 22.8. The van der Waals surface area contributed by atoms with E-state index in [1.807, 2.05) is 18.7 Å². The van der Waals surface area contributed by atoms with E-state index in [0.29, 0.717) is 56.7 Å². The van der Waals surface area contributed by atoms with Gasteiger partial charge < -0.3 is 15.0 Å². The van der Waals surface area contributed by atoms with Crippen LogP contribution in [0.25, 0.3) is 10.1 Å². The molecule has 4 rings (SSSR count). The Morgan fingerprint density at radius 3 is 2.51 bits per heavy atom. The lowest BCUT2D eigenvalue weighted by atomic mass is 10.1. The second-order valence-electron chi connectivity index (χ2n) is 8.51. The number of fused-ring (bicyclic) bond motifs is 1. The minimum absolute atomic E-state index is 0.0569. The van der Waals surface area contributed by atoms with Gasteiger partial charge in [-0.1, -0.05) is 11.6 Å². The largest absolute Gasteiger partial charge is 0.462 e. The number of nitro groups is 1. The number of hydrogen-bond acceptors (Lipinski definition) is 9. The number of benzene rings is 1. The van der Waals surface area contributed by atoms with Crippen LogP contribution in [0, 0.1) is 24.0 Å². The predicted octanol–water partition coefficient (Wildman–Crippen LogP) is 4.71. The van der Waals surface area contributed by atoms with Crippen LogP contribution in [0.2, 0.25) is 5.02 Å². The molecule has 0 atom stereocenters. The Morgan fingerprint density at radius 2 is 1.86 bits per heavy atom. The number of hydrogen-bond donors (Lipinski definition) is 1. The Hall–Kier alpha value is -3.06. The van der Waals surface area contributed by atoms with E-state index >= 15 is 0 Å². The number of carbonyl (C=O) groups excluding carboxylic acids is 3. The molecule has 13 heteroatoms. The standard InChI is InChI=1S/C24H25ClN4O6S2/c1-4-35-24(32)19-13(2)14(3)36-22(19)26-18(30)12-27-7-9-28(10-8-27)23(31)21-20(25)16-6-5-15(29(33)34)11-17(16)37-21/h5-6,11H,4,7-10,12H2,1-3H3,(H,26,30). The van der Waals surface area contributed by atoms with Crippen molar-refractivity contribution >= 4 is 72.8 Å². The van der Waals surface area contributed by atoms with Crippen molar-refractivity contribution in [1.82, 2.24) is 9.80 Å². The number of carbonyl (C=O) groups is 3. The van der Waals surface area contributed by atoms with Gasteiger partial charge in [0.1, 0.15) is 9.88 Å². The normalized spacial score (nSPS) is 14.1. The molecule has 10 nitrogen and oxygen atoms in total. The summed E-state index contributed by atoms with van der Waals surface area (Å²) in [6.07, 6.45) is 0. The Kier molecular flexibility index (Phi) is 8.12. The molecule has 0 radical (unpaired) electrons. The van der Waals surface area contributed by atoms with Gasteiger partial charge in [-0.2, -0.15) is 0 Å². The summed E-state index contributed by atoms with van der Waals surface area (Å²) < 4.78 is 5.72. The third kappa shape index (κ3) is 5.61. The van der Waals surface area contributed by atoms with Crippen molar-refractivity contribution in [3.05, 3.63) is 54.2 Å². The number of esters is 1. The molecular weight excluding hydrogens is 540 g/mol. The van der Waals surface area contributed by atoms with Crippen molar-refractivity contribution in [1.29, 1.82) is 0 Å². The molecule has 2 aromatic heterocycles. The number of nitrogens with zero attached hydrogens (tertiary/aromatic N) is 3. The van der Waals surface area contributed by atoms with Crippen LogP contribution < -0.4 is 5.32 Å². The summed E-state index contributed by atoms with van der Waals surface area (Å²) in [6.45, 7) is 7.59. The maximum Gasteiger partial charge on any atom is 0.341 e. The second-order valence-corrected chi connectivity index (χ2v) is 11.2. The molecule has 3 aromatic rings. The fourth-order valence-electron chi connectivity index (χ4n) is 4.09. The van der Waals surface area contributed by atoms with Crippen LogP contribution in [-0.2, 0) is 9.53 Å². The summed E-state index contributed by atoms with van der Waals surface area (Å²) in [5.41, 5.74) is 1.12. The summed E-state index contributed by atoms with van der Waals surface area (Å²) in [5.74, 6) is -0.941. The van der Waals surface area contributed by atoms with E-state index in [2.05, 4.69) is 5.32 Å². The van der Waals surface area contributed by atoms with Crippen LogP contribution in [0.5, 0.6) is 0 Å². The molecule has 3 heterocycles. The number of ether oxygens (including phenoxy) is 1. The fraction of sp³-hybridized carbons (Fsp3) is 0.375. The molecule has 37 heavy (non-hydrogen) atoms. The lowest BCUT2D eigenvalue weighted by Crippen LogP contribution is -2.50. The molecule has 0 unspecified atom stereocenters. The molecule has 1 aromatic carbocycles. The molecule has 1 aliphatic rings. The number of non-ortho nitro benzene ring substituents is 1. The van der Waals surface area contributed by atoms with Gasteiger partial charge in [0.2, 0.25) is 5.91 Å². The smallest absolute Gasteiger partial charge is 0.341 e. The third-order valence-electron chi connectivity index (χ3n) is 6.16. The lowest BCUT2D eigenvalue weighted by molar-refractivity contribution is -0.384. The van der Waals surface area contributed by atoms with E-state index < -0.39 is 10.9 Å². The SMILES string of the molecule is CCOC(=O)c1c(NC(=O)CN2CCN(C(=O)c3sc4cc([N+](=O)[O-])ccc4c3Cl)CC2)sc(C)c1C. The number of rotatable bonds is 7. The number of nitrogens with one attached hydrogen (secondary N) is 1. The highest BCUT2D eigenvalue weighted by Gasteiger charge is 2.28. The van der Waals surface area contributed by atoms with E-state index in [0.717, 1.165) is 21.8 Å². The van der Waals surface area contributed by atoms with Crippen molar-refractivity contribution < 1.29 is 24.0 Å². The maximum atomic E-state index is 13.1. The lowest BCUT2D eigenvalue weighted by Gasteiger charge is -2.34. The number of halogens is 1.